The van der Waals surface area contributed by atoms with E-state index in [0.29, 0.717) is 18.8 Å². The van der Waals surface area contributed by atoms with Crippen molar-refractivity contribution in [1.29, 1.82) is 0 Å². The lowest BCUT2D eigenvalue weighted by molar-refractivity contribution is -0.132. The first-order chi connectivity index (χ1) is 12.7. The van der Waals surface area contributed by atoms with Gasteiger partial charge in [-0.15, -0.1) is 10.2 Å². The highest BCUT2D eigenvalue weighted by Gasteiger charge is 2.25. The highest BCUT2D eigenvalue weighted by molar-refractivity contribution is 7.16. The van der Waals surface area contributed by atoms with Crippen molar-refractivity contribution in [2.75, 3.05) is 45.9 Å². The van der Waals surface area contributed by atoms with Crippen LogP contribution in [0.1, 0.15) is 30.1 Å². The molecular formula is C17H26N6O2S. The number of carbonyl (C=O) groups is 1. The lowest BCUT2D eigenvalue weighted by Crippen LogP contribution is -2.44. The Morgan fingerprint density at radius 1 is 1.19 bits per heavy atom. The minimum Gasteiger partial charge on any atom is -0.379 e. The number of hydrogen-bond donors (Lipinski definition) is 0. The molecule has 4 rings (SSSR count). The Morgan fingerprint density at radius 2 is 1.96 bits per heavy atom. The van der Waals surface area contributed by atoms with Crippen LogP contribution in [-0.2, 0) is 16.0 Å². The second kappa shape index (κ2) is 7.98. The average Bonchev–Trinajstić information content (AvgIpc) is 3.23. The van der Waals surface area contributed by atoms with Gasteiger partial charge in [-0.1, -0.05) is 11.3 Å². The van der Waals surface area contributed by atoms with Gasteiger partial charge in [0.1, 0.15) is 5.01 Å². The van der Waals surface area contributed by atoms with Crippen LogP contribution < -0.4 is 0 Å². The van der Waals surface area contributed by atoms with Crippen LogP contribution in [0.4, 0.5) is 0 Å². The number of amides is 1. The summed E-state index contributed by atoms with van der Waals surface area (Å²) in [5.74, 6) is 1.74. The van der Waals surface area contributed by atoms with E-state index < -0.39 is 0 Å². The molecule has 2 fully saturated rings. The van der Waals surface area contributed by atoms with Gasteiger partial charge in [-0.25, -0.2) is 0 Å². The zero-order valence-corrected chi connectivity index (χ0v) is 16.1. The molecule has 0 aromatic carbocycles. The van der Waals surface area contributed by atoms with E-state index in [1.165, 1.54) is 11.3 Å². The van der Waals surface area contributed by atoms with Crippen LogP contribution in [0.5, 0.6) is 0 Å². The van der Waals surface area contributed by atoms with Gasteiger partial charge in [0.15, 0.2) is 5.82 Å². The summed E-state index contributed by atoms with van der Waals surface area (Å²) >= 11 is 1.52. The van der Waals surface area contributed by atoms with Crippen LogP contribution in [0.2, 0.25) is 0 Å². The van der Waals surface area contributed by atoms with Gasteiger partial charge >= 0.3 is 0 Å². The van der Waals surface area contributed by atoms with Crippen molar-refractivity contribution in [3.8, 4) is 0 Å². The summed E-state index contributed by atoms with van der Waals surface area (Å²) in [6, 6.07) is 0. The fourth-order valence-corrected chi connectivity index (χ4v) is 4.62. The van der Waals surface area contributed by atoms with Crippen molar-refractivity contribution in [3.05, 3.63) is 10.8 Å². The molecule has 2 aromatic heterocycles. The quantitative estimate of drug-likeness (QED) is 0.773. The third-order valence-electron chi connectivity index (χ3n) is 5.33. The van der Waals surface area contributed by atoms with Gasteiger partial charge in [0.25, 0.3) is 0 Å². The summed E-state index contributed by atoms with van der Waals surface area (Å²) in [7, 11) is 0. The molecule has 0 saturated carbocycles. The normalized spacial score (nSPS) is 20.1. The molecule has 0 aliphatic carbocycles. The van der Waals surface area contributed by atoms with Crippen LogP contribution in [-0.4, -0.2) is 81.5 Å². The number of fused-ring (bicyclic) bond motifs is 1. The predicted octanol–water partition coefficient (Wildman–Crippen LogP) is 0.998. The maximum Gasteiger partial charge on any atom is 0.234 e. The largest absolute Gasteiger partial charge is 0.379 e. The molecule has 0 N–H and O–H groups in total. The van der Waals surface area contributed by atoms with Gasteiger partial charge in [0.05, 0.1) is 13.2 Å². The van der Waals surface area contributed by atoms with Crippen molar-refractivity contribution >= 4 is 22.2 Å². The summed E-state index contributed by atoms with van der Waals surface area (Å²) < 4.78 is 7.17. The zero-order chi connectivity index (χ0) is 17.9. The highest BCUT2D eigenvalue weighted by atomic mass is 32.1. The Balaban J connectivity index is 1.21. The van der Waals surface area contributed by atoms with Gasteiger partial charge in [-0.05, 0) is 25.7 Å². The van der Waals surface area contributed by atoms with Crippen LogP contribution >= 0.6 is 11.3 Å². The first-order valence-corrected chi connectivity index (χ1v) is 10.3. The van der Waals surface area contributed by atoms with Gasteiger partial charge in [0, 0.05) is 45.6 Å². The maximum absolute atomic E-state index is 12.5. The zero-order valence-electron chi connectivity index (χ0n) is 15.3. The second-order valence-electron chi connectivity index (χ2n) is 7.17. The fraction of sp³-hybridized carbons (Fsp3) is 0.765. The third kappa shape index (κ3) is 4.05. The van der Waals surface area contributed by atoms with E-state index in [1.54, 1.807) is 4.52 Å². The van der Waals surface area contributed by atoms with Crippen LogP contribution in [0, 0.1) is 12.8 Å². The van der Waals surface area contributed by atoms with Crippen LogP contribution in [0.25, 0.3) is 4.96 Å². The molecule has 9 heteroatoms. The monoisotopic (exact) mass is 378 g/mol. The molecule has 4 heterocycles. The number of piperidine rings is 1. The molecule has 0 atom stereocenters. The van der Waals surface area contributed by atoms with Gasteiger partial charge in [0.2, 0.25) is 10.9 Å². The topological polar surface area (TPSA) is 75.9 Å². The smallest absolute Gasteiger partial charge is 0.234 e. The van der Waals surface area contributed by atoms with E-state index >= 15 is 0 Å². The molecule has 8 nitrogen and oxygen atoms in total. The summed E-state index contributed by atoms with van der Waals surface area (Å²) in [4.78, 5) is 17.9. The number of morpholine rings is 1. The van der Waals surface area contributed by atoms with Crippen molar-refractivity contribution in [2.45, 2.75) is 32.6 Å². The van der Waals surface area contributed by atoms with Gasteiger partial charge < -0.3 is 9.64 Å². The van der Waals surface area contributed by atoms with E-state index in [9.17, 15) is 4.79 Å². The molecule has 0 bridgehead atoms. The summed E-state index contributed by atoms with van der Waals surface area (Å²) in [5.41, 5.74) is 0. The molecule has 2 aliphatic heterocycles. The lowest BCUT2D eigenvalue weighted by Gasteiger charge is -2.36. The standard InChI is InChI=1S/C17H26N6O2S/c1-13-18-19-17-23(13)20-15(26-17)2-3-16(24)22-6-4-14(5-7-22)12-21-8-10-25-11-9-21/h14H,2-12H2,1H3. The SMILES string of the molecule is Cc1nnc2sc(CCC(=O)N3CCC(CN4CCOCC4)CC3)nn12. The number of aromatic nitrogens is 4. The second-order valence-corrected chi connectivity index (χ2v) is 8.22. The van der Waals surface area contributed by atoms with Crippen molar-refractivity contribution in [3.63, 3.8) is 0 Å². The van der Waals surface area contributed by atoms with E-state index in [2.05, 4.69) is 20.2 Å². The van der Waals surface area contributed by atoms with E-state index in [4.69, 9.17) is 4.74 Å². The highest BCUT2D eigenvalue weighted by Crippen LogP contribution is 2.21. The number of likely N-dealkylation sites (tertiary alicyclic amines) is 1. The number of ether oxygens (including phenoxy) is 1. The summed E-state index contributed by atoms with van der Waals surface area (Å²) in [6.45, 7) is 8.61. The van der Waals surface area contributed by atoms with Crippen molar-refractivity contribution in [2.24, 2.45) is 5.92 Å². The Kier molecular flexibility index (Phi) is 5.46. The Bertz CT molecular complexity index is 746. The third-order valence-corrected chi connectivity index (χ3v) is 6.29. The Morgan fingerprint density at radius 3 is 2.69 bits per heavy atom. The molecule has 2 aromatic rings. The first kappa shape index (κ1) is 17.8. The molecule has 0 unspecified atom stereocenters. The molecule has 142 valence electrons. The minimum atomic E-state index is 0.248. The van der Waals surface area contributed by atoms with Crippen LogP contribution in [0.15, 0.2) is 0 Å². The van der Waals surface area contributed by atoms with Crippen LogP contribution in [0.3, 0.4) is 0 Å². The van der Waals surface area contributed by atoms with Gasteiger partial charge in [-0.3, -0.25) is 9.69 Å². The fourth-order valence-electron chi connectivity index (χ4n) is 3.74. The molecule has 1 amide bonds. The van der Waals surface area contributed by atoms with Crippen molar-refractivity contribution < 1.29 is 9.53 Å². The number of hydrogen-bond acceptors (Lipinski definition) is 7. The van der Waals surface area contributed by atoms with Crippen molar-refractivity contribution in [1.82, 2.24) is 29.6 Å². The molecular weight excluding hydrogens is 352 g/mol. The Labute approximate surface area is 157 Å². The van der Waals surface area contributed by atoms with E-state index in [1.807, 2.05) is 11.8 Å². The molecule has 26 heavy (non-hydrogen) atoms. The number of rotatable bonds is 5. The number of aryl methyl sites for hydroxylation is 2. The maximum atomic E-state index is 12.5. The number of nitrogens with zero attached hydrogens (tertiary/aromatic N) is 6. The first-order valence-electron chi connectivity index (χ1n) is 9.44. The Hall–Kier alpha value is -1.58. The minimum absolute atomic E-state index is 0.248. The molecule has 2 saturated heterocycles. The number of carbonyl (C=O) groups excluding carboxylic acids is 1. The lowest BCUT2D eigenvalue weighted by atomic mass is 9.95. The summed E-state index contributed by atoms with van der Waals surface area (Å²) in [5, 5.41) is 13.5. The predicted molar refractivity (Wildman–Crippen MR) is 98.3 cm³/mol. The molecule has 2 aliphatic rings. The molecule has 0 spiro atoms. The van der Waals surface area contributed by atoms with E-state index in [0.717, 1.165) is 74.6 Å². The average molecular weight is 379 g/mol. The molecule has 0 radical (unpaired) electrons. The van der Waals surface area contributed by atoms with Gasteiger partial charge in [-0.2, -0.15) is 9.61 Å². The van der Waals surface area contributed by atoms with E-state index in [-0.39, 0.29) is 5.91 Å². The summed E-state index contributed by atoms with van der Waals surface area (Å²) in [6.07, 6.45) is 3.43.